The second-order valence-electron chi connectivity index (χ2n) is 5.51. The monoisotopic (exact) mass is 320 g/mol. The molecule has 1 aliphatic heterocycles. The van der Waals surface area contributed by atoms with Gasteiger partial charge in [-0.1, -0.05) is 29.8 Å². The number of aliphatic imine (C=N–C) groups is 1. The van der Waals surface area contributed by atoms with Gasteiger partial charge >= 0.3 is 5.97 Å². The van der Waals surface area contributed by atoms with Gasteiger partial charge in [-0.25, -0.2) is 9.79 Å². The summed E-state index contributed by atoms with van der Waals surface area (Å²) in [6, 6.07) is 14.7. The topological polar surface area (TPSA) is 67.8 Å². The molecule has 3 rings (SSSR count). The molecule has 0 spiro atoms. The van der Waals surface area contributed by atoms with Crippen LogP contribution in [-0.4, -0.2) is 17.8 Å². The molecule has 5 nitrogen and oxygen atoms in total. The SMILES string of the molecule is CC(=O)Nc1ccc(C2=N/C(=C/c3ccc(C)cc3)C(=O)O2)cc1. The van der Waals surface area contributed by atoms with Gasteiger partial charge in [0.25, 0.3) is 0 Å². The first kappa shape index (κ1) is 15.7. The number of ether oxygens (including phenoxy) is 1. The standard InChI is InChI=1S/C19H16N2O3/c1-12-3-5-14(6-4-12)11-17-19(23)24-18(21-17)15-7-9-16(10-8-15)20-13(2)22/h3-11H,1-2H3,(H,20,22)/b17-11+. The van der Waals surface area contributed by atoms with E-state index in [1.807, 2.05) is 31.2 Å². The summed E-state index contributed by atoms with van der Waals surface area (Å²) in [5.41, 5.74) is 3.64. The molecule has 2 aromatic rings. The van der Waals surface area contributed by atoms with E-state index in [0.29, 0.717) is 11.3 Å². The van der Waals surface area contributed by atoms with Crippen LogP contribution in [0, 0.1) is 6.92 Å². The number of carbonyl (C=O) groups is 2. The molecule has 0 unspecified atom stereocenters. The average molecular weight is 320 g/mol. The first-order valence-corrected chi connectivity index (χ1v) is 7.48. The average Bonchev–Trinajstić information content (AvgIpc) is 2.91. The number of hydrogen-bond acceptors (Lipinski definition) is 4. The molecule has 1 aliphatic rings. The molecular weight excluding hydrogens is 304 g/mol. The third-order valence-electron chi connectivity index (χ3n) is 3.45. The van der Waals surface area contributed by atoms with Gasteiger partial charge in [0, 0.05) is 18.2 Å². The minimum atomic E-state index is -0.475. The van der Waals surface area contributed by atoms with Crippen molar-refractivity contribution < 1.29 is 14.3 Å². The summed E-state index contributed by atoms with van der Waals surface area (Å²) in [5, 5.41) is 2.68. The summed E-state index contributed by atoms with van der Waals surface area (Å²) in [5.74, 6) is -0.361. The van der Waals surface area contributed by atoms with Gasteiger partial charge in [0.2, 0.25) is 11.8 Å². The van der Waals surface area contributed by atoms with Crippen molar-refractivity contribution in [1.82, 2.24) is 0 Å². The summed E-state index contributed by atoms with van der Waals surface area (Å²) in [6.45, 7) is 3.44. The normalized spacial score (nSPS) is 15.2. The van der Waals surface area contributed by atoms with Crippen molar-refractivity contribution in [2.45, 2.75) is 13.8 Å². The van der Waals surface area contributed by atoms with E-state index >= 15 is 0 Å². The van der Waals surface area contributed by atoms with Crippen LogP contribution in [0.25, 0.3) is 6.08 Å². The van der Waals surface area contributed by atoms with E-state index in [2.05, 4.69) is 10.3 Å². The zero-order valence-electron chi connectivity index (χ0n) is 13.4. The van der Waals surface area contributed by atoms with Crippen LogP contribution >= 0.6 is 0 Å². The Kier molecular flexibility index (Phi) is 4.24. The van der Waals surface area contributed by atoms with Crippen LogP contribution in [-0.2, 0) is 14.3 Å². The third kappa shape index (κ3) is 3.57. The van der Waals surface area contributed by atoms with Gasteiger partial charge in [-0.15, -0.1) is 0 Å². The van der Waals surface area contributed by atoms with E-state index < -0.39 is 5.97 Å². The number of carbonyl (C=O) groups excluding carboxylic acids is 2. The molecule has 0 saturated carbocycles. The van der Waals surface area contributed by atoms with Crippen molar-refractivity contribution in [1.29, 1.82) is 0 Å². The van der Waals surface area contributed by atoms with Crippen molar-refractivity contribution >= 4 is 29.5 Å². The summed E-state index contributed by atoms with van der Waals surface area (Å²) >= 11 is 0. The largest absolute Gasteiger partial charge is 0.402 e. The number of nitrogens with one attached hydrogen (secondary N) is 1. The lowest BCUT2D eigenvalue weighted by atomic mass is 10.1. The van der Waals surface area contributed by atoms with E-state index in [4.69, 9.17) is 4.74 Å². The molecule has 5 heteroatoms. The number of rotatable bonds is 3. The Bertz CT molecular complexity index is 847. The molecule has 0 bridgehead atoms. The van der Waals surface area contributed by atoms with Crippen molar-refractivity contribution in [3.8, 4) is 0 Å². The highest BCUT2D eigenvalue weighted by Crippen LogP contribution is 2.20. The summed E-state index contributed by atoms with van der Waals surface area (Å²) in [7, 11) is 0. The zero-order valence-corrected chi connectivity index (χ0v) is 13.4. The number of benzene rings is 2. The van der Waals surface area contributed by atoms with E-state index in [1.165, 1.54) is 6.92 Å². The number of aryl methyl sites for hydroxylation is 1. The van der Waals surface area contributed by atoms with Gasteiger partial charge in [-0.05, 0) is 42.8 Å². The fourth-order valence-corrected chi connectivity index (χ4v) is 2.25. The lowest BCUT2D eigenvalue weighted by molar-refractivity contribution is -0.129. The number of nitrogens with zero attached hydrogens (tertiary/aromatic N) is 1. The number of esters is 1. The molecular formula is C19H16N2O3. The Morgan fingerprint density at radius 2 is 1.75 bits per heavy atom. The Balaban J connectivity index is 1.83. The second-order valence-corrected chi connectivity index (χ2v) is 5.51. The molecule has 0 fully saturated rings. The number of cyclic esters (lactones) is 1. The van der Waals surface area contributed by atoms with E-state index in [1.54, 1.807) is 30.3 Å². The summed E-state index contributed by atoms with van der Waals surface area (Å²) in [6.07, 6.45) is 1.69. The van der Waals surface area contributed by atoms with Crippen LogP contribution < -0.4 is 5.32 Å². The predicted molar refractivity (Wildman–Crippen MR) is 92.5 cm³/mol. The molecule has 2 aromatic carbocycles. The first-order chi connectivity index (χ1) is 11.5. The minimum Gasteiger partial charge on any atom is -0.402 e. The molecule has 0 aromatic heterocycles. The Hall–Kier alpha value is -3.21. The van der Waals surface area contributed by atoms with Crippen molar-refractivity contribution in [2.75, 3.05) is 5.32 Å². The Morgan fingerprint density at radius 1 is 1.08 bits per heavy atom. The van der Waals surface area contributed by atoms with Crippen LogP contribution in [0.3, 0.4) is 0 Å². The summed E-state index contributed by atoms with van der Waals surface area (Å²) in [4.78, 5) is 27.3. The fraction of sp³-hybridized carbons (Fsp3) is 0.105. The third-order valence-corrected chi connectivity index (χ3v) is 3.45. The van der Waals surface area contributed by atoms with Gasteiger partial charge in [0.1, 0.15) is 0 Å². The maximum absolute atomic E-state index is 12.0. The van der Waals surface area contributed by atoms with Crippen LogP contribution in [0.1, 0.15) is 23.6 Å². The molecule has 0 atom stereocenters. The molecule has 1 N–H and O–H groups in total. The minimum absolute atomic E-state index is 0.143. The van der Waals surface area contributed by atoms with E-state index in [9.17, 15) is 9.59 Å². The lowest BCUT2D eigenvalue weighted by Crippen LogP contribution is -2.07. The number of hydrogen-bond donors (Lipinski definition) is 1. The van der Waals surface area contributed by atoms with Gasteiger partial charge in [-0.3, -0.25) is 4.79 Å². The maximum Gasteiger partial charge on any atom is 0.363 e. The first-order valence-electron chi connectivity index (χ1n) is 7.48. The van der Waals surface area contributed by atoms with Gasteiger partial charge in [0.15, 0.2) is 5.70 Å². The second kappa shape index (κ2) is 6.50. The van der Waals surface area contributed by atoms with Gasteiger partial charge < -0.3 is 10.1 Å². The maximum atomic E-state index is 12.0. The molecule has 1 heterocycles. The quantitative estimate of drug-likeness (QED) is 0.697. The number of amides is 1. The molecule has 120 valence electrons. The molecule has 1 amide bonds. The van der Waals surface area contributed by atoms with Gasteiger partial charge in [-0.2, -0.15) is 0 Å². The van der Waals surface area contributed by atoms with Crippen LogP contribution in [0.15, 0.2) is 59.2 Å². The highest BCUT2D eigenvalue weighted by Gasteiger charge is 2.24. The number of anilines is 1. The zero-order chi connectivity index (χ0) is 17.1. The smallest absolute Gasteiger partial charge is 0.363 e. The Labute approximate surface area is 139 Å². The van der Waals surface area contributed by atoms with Crippen molar-refractivity contribution in [2.24, 2.45) is 4.99 Å². The molecule has 24 heavy (non-hydrogen) atoms. The fourth-order valence-electron chi connectivity index (χ4n) is 2.25. The van der Waals surface area contributed by atoms with Crippen molar-refractivity contribution in [3.63, 3.8) is 0 Å². The predicted octanol–water partition coefficient (Wildman–Crippen LogP) is 3.30. The molecule has 0 aliphatic carbocycles. The highest BCUT2D eigenvalue weighted by atomic mass is 16.6. The van der Waals surface area contributed by atoms with Gasteiger partial charge in [0.05, 0.1) is 0 Å². The Morgan fingerprint density at radius 3 is 2.38 bits per heavy atom. The van der Waals surface area contributed by atoms with Crippen LogP contribution in [0.2, 0.25) is 0 Å². The highest BCUT2D eigenvalue weighted by molar-refractivity contribution is 6.13. The van der Waals surface area contributed by atoms with Crippen LogP contribution in [0.5, 0.6) is 0 Å². The lowest BCUT2D eigenvalue weighted by Gasteiger charge is -2.03. The summed E-state index contributed by atoms with van der Waals surface area (Å²) < 4.78 is 5.23. The van der Waals surface area contributed by atoms with E-state index in [0.717, 1.165) is 11.1 Å². The molecule has 0 radical (unpaired) electrons. The van der Waals surface area contributed by atoms with Crippen molar-refractivity contribution in [3.05, 3.63) is 70.9 Å². The van der Waals surface area contributed by atoms with Crippen LogP contribution in [0.4, 0.5) is 5.69 Å². The molecule has 0 saturated heterocycles. The van der Waals surface area contributed by atoms with E-state index in [-0.39, 0.29) is 17.5 Å².